The number of aryl methyl sites for hydroxylation is 1. The van der Waals surface area contributed by atoms with Crippen molar-refractivity contribution in [2.75, 3.05) is 7.11 Å². The molecule has 0 aromatic carbocycles. The summed E-state index contributed by atoms with van der Waals surface area (Å²) in [6, 6.07) is 2.22. The molecule has 0 spiro atoms. The first-order valence-electron chi connectivity index (χ1n) is 3.41. The molecular weight excluding hydrogens is 172 g/mol. The smallest absolute Gasteiger partial charge is 0.316 e. The Bertz CT molecular complexity index is 304. The van der Waals surface area contributed by atoms with Crippen LogP contribution in [0.25, 0.3) is 0 Å². The van der Waals surface area contributed by atoms with Crippen LogP contribution in [0.15, 0.2) is 21.4 Å². The third kappa shape index (κ3) is 1.92. The van der Waals surface area contributed by atoms with E-state index in [-0.39, 0.29) is 0 Å². The molecule has 12 heavy (non-hydrogen) atoms. The van der Waals surface area contributed by atoms with E-state index in [0.29, 0.717) is 6.02 Å². The van der Waals surface area contributed by atoms with Crippen LogP contribution in [-0.4, -0.2) is 19.8 Å². The minimum Gasteiger partial charge on any atom is -0.467 e. The molecule has 0 fully saturated rings. The van der Waals surface area contributed by atoms with Gasteiger partial charge in [-0.15, -0.1) is 11.3 Å². The molecule has 0 aliphatic rings. The van der Waals surface area contributed by atoms with E-state index in [1.54, 1.807) is 11.3 Å². The van der Waals surface area contributed by atoms with Crippen molar-refractivity contribution in [3.63, 3.8) is 0 Å². The van der Waals surface area contributed by atoms with Gasteiger partial charge in [0.05, 0.1) is 12.8 Å². The lowest BCUT2D eigenvalue weighted by Gasteiger charge is -1.96. The number of hydrogen-bond donors (Lipinski definition) is 0. The Balaban J connectivity index is 2.92. The molecule has 0 atom stereocenters. The summed E-state index contributed by atoms with van der Waals surface area (Å²) in [6.45, 7) is 5.34. The van der Waals surface area contributed by atoms with Gasteiger partial charge in [0.15, 0.2) is 0 Å². The molecule has 1 aromatic heterocycles. The van der Waals surface area contributed by atoms with Crippen LogP contribution in [0.2, 0.25) is 0 Å². The molecule has 0 saturated heterocycles. The molecule has 0 unspecified atom stereocenters. The van der Waals surface area contributed by atoms with Gasteiger partial charge in [0.1, 0.15) is 0 Å². The van der Waals surface area contributed by atoms with Crippen LogP contribution in [0.5, 0.6) is 0 Å². The molecule has 3 nitrogen and oxygen atoms in total. The lowest BCUT2D eigenvalue weighted by Crippen LogP contribution is -1.94. The average Bonchev–Trinajstić information content (AvgIpc) is 2.47. The van der Waals surface area contributed by atoms with Gasteiger partial charge in [0, 0.05) is 4.88 Å². The number of hydrogen-bond acceptors (Lipinski definition) is 3. The standard InChI is InChI=1S/C8H10N2OS/c1-6-7(4-5-12-6)10-8(9-2)11-3/h4-5H,2H2,1,3H3/b10-8+. The molecule has 4 heteroatoms. The maximum absolute atomic E-state index is 4.85. The first-order chi connectivity index (χ1) is 5.77. The van der Waals surface area contributed by atoms with Crippen molar-refractivity contribution in [3.05, 3.63) is 16.3 Å². The highest BCUT2D eigenvalue weighted by Crippen LogP contribution is 2.23. The van der Waals surface area contributed by atoms with Crippen molar-refractivity contribution >= 4 is 29.8 Å². The highest BCUT2D eigenvalue weighted by molar-refractivity contribution is 7.10. The van der Waals surface area contributed by atoms with E-state index in [0.717, 1.165) is 10.6 Å². The summed E-state index contributed by atoms with van der Waals surface area (Å²) in [5.74, 6) is 0. The first-order valence-corrected chi connectivity index (χ1v) is 4.29. The Morgan fingerprint density at radius 2 is 2.42 bits per heavy atom. The summed E-state index contributed by atoms with van der Waals surface area (Å²) in [7, 11) is 1.52. The summed E-state index contributed by atoms with van der Waals surface area (Å²) in [5, 5.41) is 1.98. The largest absolute Gasteiger partial charge is 0.467 e. The minimum atomic E-state index is 0.302. The number of thiophene rings is 1. The maximum atomic E-state index is 4.85. The van der Waals surface area contributed by atoms with Gasteiger partial charge in [-0.1, -0.05) is 0 Å². The van der Waals surface area contributed by atoms with Gasteiger partial charge in [-0.3, -0.25) is 0 Å². The number of methoxy groups -OCH3 is 1. The Hall–Kier alpha value is -1.16. The Morgan fingerprint density at radius 1 is 1.67 bits per heavy atom. The number of nitrogens with zero attached hydrogens (tertiary/aromatic N) is 2. The number of aliphatic imine (C=N–C) groups is 2. The van der Waals surface area contributed by atoms with Crippen LogP contribution in [0.1, 0.15) is 4.88 Å². The maximum Gasteiger partial charge on any atom is 0.316 e. The zero-order valence-corrected chi connectivity index (χ0v) is 7.89. The SMILES string of the molecule is C=N/C(=N\c1ccsc1C)OC. The zero-order valence-electron chi connectivity index (χ0n) is 7.07. The van der Waals surface area contributed by atoms with Crippen molar-refractivity contribution in [3.8, 4) is 0 Å². The summed E-state index contributed by atoms with van der Waals surface area (Å²) in [6.07, 6.45) is 0. The average molecular weight is 182 g/mol. The van der Waals surface area contributed by atoms with Gasteiger partial charge in [-0.2, -0.15) is 4.99 Å². The van der Waals surface area contributed by atoms with Crippen LogP contribution in [0, 0.1) is 6.92 Å². The molecule has 64 valence electrons. The molecule has 0 aliphatic heterocycles. The van der Waals surface area contributed by atoms with E-state index >= 15 is 0 Å². The second-order valence-corrected chi connectivity index (χ2v) is 3.24. The van der Waals surface area contributed by atoms with Gasteiger partial charge in [0.2, 0.25) is 0 Å². The molecule has 1 rings (SSSR count). The zero-order chi connectivity index (χ0) is 8.97. The molecule has 0 radical (unpaired) electrons. The monoisotopic (exact) mass is 182 g/mol. The third-order valence-electron chi connectivity index (χ3n) is 1.37. The molecular formula is C8H10N2OS. The predicted molar refractivity (Wildman–Crippen MR) is 52.7 cm³/mol. The quantitative estimate of drug-likeness (QED) is 0.485. The van der Waals surface area contributed by atoms with Gasteiger partial charge in [-0.25, -0.2) is 4.99 Å². The molecule has 0 saturated carbocycles. The molecule has 0 amide bonds. The van der Waals surface area contributed by atoms with Crippen LogP contribution >= 0.6 is 11.3 Å². The van der Waals surface area contributed by atoms with E-state index in [1.807, 2.05) is 18.4 Å². The van der Waals surface area contributed by atoms with Crippen LogP contribution in [-0.2, 0) is 4.74 Å². The van der Waals surface area contributed by atoms with E-state index < -0.39 is 0 Å². The predicted octanol–water partition coefficient (Wildman–Crippen LogP) is 2.39. The lowest BCUT2D eigenvalue weighted by atomic mass is 10.4. The lowest BCUT2D eigenvalue weighted by molar-refractivity contribution is 0.398. The van der Waals surface area contributed by atoms with Crippen LogP contribution < -0.4 is 0 Å². The third-order valence-corrected chi connectivity index (χ3v) is 2.20. The van der Waals surface area contributed by atoms with Crippen molar-refractivity contribution in [2.45, 2.75) is 6.92 Å². The first kappa shape index (κ1) is 8.93. The second-order valence-electron chi connectivity index (χ2n) is 2.12. The molecule has 0 N–H and O–H groups in total. The molecule has 0 aliphatic carbocycles. The van der Waals surface area contributed by atoms with Gasteiger partial charge in [0.25, 0.3) is 0 Å². The van der Waals surface area contributed by atoms with E-state index in [4.69, 9.17) is 4.74 Å². The number of rotatable bonds is 1. The van der Waals surface area contributed by atoms with Crippen molar-refractivity contribution in [2.24, 2.45) is 9.98 Å². The van der Waals surface area contributed by atoms with Gasteiger partial charge >= 0.3 is 6.02 Å². The fourth-order valence-corrected chi connectivity index (χ4v) is 1.38. The summed E-state index contributed by atoms with van der Waals surface area (Å²) in [4.78, 5) is 8.88. The van der Waals surface area contributed by atoms with Crippen molar-refractivity contribution < 1.29 is 4.74 Å². The number of amidine groups is 1. The molecule has 1 aromatic rings. The molecule has 0 bridgehead atoms. The van der Waals surface area contributed by atoms with E-state index in [9.17, 15) is 0 Å². The normalized spacial score (nSPS) is 11.3. The summed E-state index contributed by atoms with van der Waals surface area (Å²) in [5.41, 5.74) is 0.893. The highest BCUT2D eigenvalue weighted by Gasteiger charge is 1.98. The van der Waals surface area contributed by atoms with Gasteiger partial charge in [-0.05, 0) is 25.1 Å². The highest BCUT2D eigenvalue weighted by atomic mass is 32.1. The fourth-order valence-electron chi connectivity index (χ4n) is 0.743. The Labute approximate surface area is 75.4 Å². The Morgan fingerprint density at radius 3 is 2.83 bits per heavy atom. The summed E-state index contributed by atoms with van der Waals surface area (Å²) >= 11 is 1.64. The second kappa shape index (κ2) is 4.01. The topological polar surface area (TPSA) is 34.0 Å². The number of ether oxygens (including phenoxy) is 1. The van der Waals surface area contributed by atoms with Crippen molar-refractivity contribution in [1.29, 1.82) is 0 Å². The fraction of sp³-hybridized carbons (Fsp3) is 0.250. The minimum absolute atomic E-state index is 0.302. The van der Waals surface area contributed by atoms with Crippen LogP contribution in [0.4, 0.5) is 5.69 Å². The van der Waals surface area contributed by atoms with Crippen molar-refractivity contribution in [1.82, 2.24) is 0 Å². The van der Waals surface area contributed by atoms with E-state index in [2.05, 4.69) is 16.7 Å². The molecule has 1 heterocycles. The van der Waals surface area contributed by atoms with Gasteiger partial charge < -0.3 is 4.74 Å². The summed E-state index contributed by atoms with van der Waals surface area (Å²) < 4.78 is 4.85. The Kier molecular flexibility index (Phi) is 2.99. The van der Waals surface area contributed by atoms with Crippen LogP contribution in [0.3, 0.4) is 0 Å². The van der Waals surface area contributed by atoms with E-state index in [1.165, 1.54) is 7.11 Å².